The molecule has 0 aliphatic rings. The molecule has 2 aromatic rings. The molecule has 0 radical (unpaired) electrons. The fourth-order valence-electron chi connectivity index (χ4n) is 2.24. The molecule has 0 aliphatic carbocycles. The maximum Gasteiger partial charge on any atom is 0.416 e. The minimum absolute atomic E-state index is 0.00899. The summed E-state index contributed by atoms with van der Waals surface area (Å²) in [6.45, 7) is 6.11. The zero-order valence-electron chi connectivity index (χ0n) is 13.8. The van der Waals surface area contributed by atoms with Gasteiger partial charge >= 0.3 is 6.18 Å². The van der Waals surface area contributed by atoms with Crippen LogP contribution in [0.5, 0.6) is 0 Å². The summed E-state index contributed by atoms with van der Waals surface area (Å²) in [5, 5.41) is 7.11. The lowest BCUT2D eigenvalue weighted by Gasteiger charge is -2.11. The molecule has 1 atom stereocenters. The van der Waals surface area contributed by atoms with Gasteiger partial charge in [-0.3, -0.25) is 9.48 Å². The summed E-state index contributed by atoms with van der Waals surface area (Å²) in [4.78, 5) is 12.3. The van der Waals surface area contributed by atoms with E-state index in [4.69, 9.17) is 0 Å². The first kappa shape index (κ1) is 18.0. The number of carbonyl (C=O) groups excluding carboxylic acids is 1. The van der Waals surface area contributed by atoms with Gasteiger partial charge in [-0.1, -0.05) is 19.1 Å². The van der Waals surface area contributed by atoms with E-state index in [9.17, 15) is 18.0 Å². The lowest BCUT2D eigenvalue weighted by molar-refractivity contribution is -0.137. The van der Waals surface area contributed by atoms with Gasteiger partial charge in [0.1, 0.15) is 5.69 Å². The van der Waals surface area contributed by atoms with E-state index in [1.165, 1.54) is 16.8 Å². The second-order valence-corrected chi connectivity index (χ2v) is 5.59. The molecule has 1 heterocycles. The predicted molar refractivity (Wildman–Crippen MR) is 85.6 cm³/mol. The number of nitrogens with zero attached hydrogens (tertiary/aromatic N) is 2. The van der Waals surface area contributed by atoms with Crippen LogP contribution in [0.3, 0.4) is 0 Å². The van der Waals surface area contributed by atoms with E-state index in [0.717, 1.165) is 18.6 Å². The standard InChI is InChI=1S/C17H20F3N3O/c1-4-11(3)21-16(24)15-10-14(22-23(15)5-2)12-7-6-8-13(9-12)17(18,19)20/h6-11H,4-5H2,1-3H3,(H,21,24)/t11-/m1/s1. The van der Waals surface area contributed by atoms with E-state index in [2.05, 4.69) is 10.4 Å². The second-order valence-electron chi connectivity index (χ2n) is 5.59. The van der Waals surface area contributed by atoms with Crippen molar-refractivity contribution in [2.45, 2.75) is 46.0 Å². The maximum atomic E-state index is 12.9. The number of nitrogens with one attached hydrogen (secondary N) is 1. The van der Waals surface area contributed by atoms with Crippen LogP contribution in [-0.4, -0.2) is 21.7 Å². The van der Waals surface area contributed by atoms with Crippen LogP contribution < -0.4 is 5.32 Å². The van der Waals surface area contributed by atoms with Crippen molar-refractivity contribution in [3.63, 3.8) is 0 Å². The molecule has 2 rings (SSSR count). The third kappa shape index (κ3) is 3.96. The van der Waals surface area contributed by atoms with Crippen LogP contribution in [0.2, 0.25) is 0 Å². The Bertz CT molecular complexity index is 722. The number of hydrogen-bond acceptors (Lipinski definition) is 2. The molecule has 130 valence electrons. The zero-order valence-corrected chi connectivity index (χ0v) is 13.8. The SMILES string of the molecule is CC[C@@H](C)NC(=O)c1cc(-c2cccc(C(F)(F)F)c2)nn1CC. The number of amides is 1. The second kappa shape index (κ2) is 7.07. The van der Waals surface area contributed by atoms with Crippen LogP contribution in [-0.2, 0) is 12.7 Å². The smallest absolute Gasteiger partial charge is 0.348 e. The molecule has 24 heavy (non-hydrogen) atoms. The largest absolute Gasteiger partial charge is 0.416 e. The molecule has 0 bridgehead atoms. The first-order valence-electron chi connectivity index (χ1n) is 7.82. The minimum atomic E-state index is -4.42. The van der Waals surface area contributed by atoms with Crippen molar-refractivity contribution in [2.75, 3.05) is 0 Å². The summed E-state index contributed by atoms with van der Waals surface area (Å²) in [7, 11) is 0. The van der Waals surface area contributed by atoms with Gasteiger partial charge in [0, 0.05) is 18.2 Å². The summed E-state index contributed by atoms with van der Waals surface area (Å²) < 4.78 is 40.1. The summed E-state index contributed by atoms with van der Waals surface area (Å²) >= 11 is 0. The summed E-state index contributed by atoms with van der Waals surface area (Å²) in [6.07, 6.45) is -3.63. The van der Waals surface area contributed by atoms with E-state index in [1.807, 2.05) is 20.8 Å². The number of aryl methyl sites for hydroxylation is 1. The van der Waals surface area contributed by atoms with Gasteiger partial charge in [0.05, 0.1) is 11.3 Å². The average molecular weight is 339 g/mol. The molecule has 1 aromatic heterocycles. The fraction of sp³-hybridized carbons (Fsp3) is 0.412. The summed E-state index contributed by atoms with van der Waals surface area (Å²) in [5.41, 5.74) is 0.272. The number of alkyl halides is 3. The highest BCUT2D eigenvalue weighted by molar-refractivity contribution is 5.93. The molecular formula is C17H20F3N3O. The molecule has 1 amide bonds. The predicted octanol–water partition coefficient (Wildman–Crippen LogP) is 4.12. The van der Waals surface area contributed by atoms with E-state index in [1.54, 1.807) is 6.07 Å². The average Bonchev–Trinajstić information content (AvgIpc) is 2.98. The normalized spacial score (nSPS) is 12.9. The van der Waals surface area contributed by atoms with Crippen LogP contribution in [0.1, 0.15) is 43.2 Å². The Morgan fingerprint density at radius 2 is 2.00 bits per heavy atom. The summed E-state index contributed by atoms with van der Waals surface area (Å²) in [5.74, 6) is -0.281. The molecule has 0 saturated carbocycles. The lowest BCUT2D eigenvalue weighted by Crippen LogP contribution is -2.33. The molecule has 0 saturated heterocycles. The topological polar surface area (TPSA) is 46.9 Å². The van der Waals surface area contributed by atoms with E-state index >= 15 is 0 Å². The zero-order chi connectivity index (χ0) is 17.9. The van der Waals surface area contributed by atoms with Gasteiger partial charge in [0.2, 0.25) is 0 Å². The molecule has 0 unspecified atom stereocenters. The van der Waals surface area contributed by atoms with Gasteiger partial charge < -0.3 is 5.32 Å². The highest BCUT2D eigenvalue weighted by Crippen LogP contribution is 2.32. The van der Waals surface area contributed by atoms with Gasteiger partial charge in [-0.2, -0.15) is 18.3 Å². The van der Waals surface area contributed by atoms with Gasteiger partial charge in [0.25, 0.3) is 5.91 Å². The molecule has 0 fully saturated rings. The highest BCUT2D eigenvalue weighted by atomic mass is 19.4. The molecule has 7 heteroatoms. The van der Waals surface area contributed by atoms with Crippen molar-refractivity contribution >= 4 is 5.91 Å². The Kier molecular flexibility index (Phi) is 5.31. The van der Waals surface area contributed by atoms with E-state index in [0.29, 0.717) is 23.5 Å². The molecule has 0 spiro atoms. The Morgan fingerprint density at radius 1 is 1.29 bits per heavy atom. The number of rotatable bonds is 5. The summed E-state index contributed by atoms with van der Waals surface area (Å²) in [6, 6.07) is 6.47. The first-order chi connectivity index (χ1) is 11.3. The van der Waals surface area contributed by atoms with Gasteiger partial charge in [-0.15, -0.1) is 0 Å². The Labute approximate surface area is 138 Å². The Hall–Kier alpha value is -2.31. The van der Waals surface area contributed by atoms with Crippen LogP contribution in [0, 0.1) is 0 Å². The number of hydrogen-bond donors (Lipinski definition) is 1. The van der Waals surface area contributed by atoms with Crippen LogP contribution in [0.4, 0.5) is 13.2 Å². The van der Waals surface area contributed by atoms with E-state index in [-0.39, 0.29) is 11.9 Å². The van der Waals surface area contributed by atoms with Crippen LogP contribution in [0.15, 0.2) is 30.3 Å². The lowest BCUT2D eigenvalue weighted by atomic mass is 10.1. The molecule has 4 nitrogen and oxygen atoms in total. The Morgan fingerprint density at radius 3 is 2.58 bits per heavy atom. The van der Waals surface area contributed by atoms with Crippen LogP contribution in [0.25, 0.3) is 11.3 Å². The number of benzene rings is 1. The molecular weight excluding hydrogens is 319 g/mol. The number of aromatic nitrogens is 2. The van der Waals surface area contributed by atoms with Gasteiger partial charge in [0.15, 0.2) is 0 Å². The van der Waals surface area contributed by atoms with Crippen molar-refractivity contribution < 1.29 is 18.0 Å². The monoisotopic (exact) mass is 339 g/mol. The minimum Gasteiger partial charge on any atom is -0.348 e. The third-order valence-corrected chi connectivity index (χ3v) is 3.79. The number of halogens is 3. The van der Waals surface area contributed by atoms with Crippen molar-refractivity contribution in [3.8, 4) is 11.3 Å². The van der Waals surface area contributed by atoms with Crippen molar-refractivity contribution in [1.82, 2.24) is 15.1 Å². The molecule has 1 aromatic carbocycles. The fourth-order valence-corrected chi connectivity index (χ4v) is 2.24. The van der Waals surface area contributed by atoms with Gasteiger partial charge in [-0.05, 0) is 38.5 Å². The third-order valence-electron chi connectivity index (χ3n) is 3.79. The van der Waals surface area contributed by atoms with Gasteiger partial charge in [-0.25, -0.2) is 0 Å². The first-order valence-corrected chi connectivity index (χ1v) is 7.82. The maximum absolute atomic E-state index is 12.9. The number of carbonyl (C=O) groups is 1. The van der Waals surface area contributed by atoms with Crippen molar-refractivity contribution in [2.24, 2.45) is 0 Å². The van der Waals surface area contributed by atoms with Crippen molar-refractivity contribution in [3.05, 3.63) is 41.6 Å². The van der Waals surface area contributed by atoms with E-state index < -0.39 is 11.7 Å². The Balaban J connectivity index is 2.38. The van der Waals surface area contributed by atoms with Crippen LogP contribution >= 0.6 is 0 Å². The van der Waals surface area contributed by atoms with Crippen molar-refractivity contribution in [1.29, 1.82) is 0 Å². The highest BCUT2D eigenvalue weighted by Gasteiger charge is 2.30. The molecule has 0 aliphatic heterocycles. The quantitative estimate of drug-likeness (QED) is 0.891. The molecule has 1 N–H and O–H groups in total.